The molecule has 3 heterocycles. The summed E-state index contributed by atoms with van der Waals surface area (Å²) in [7, 11) is 0. The quantitative estimate of drug-likeness (QED) is 0.466. The number of nitriles is 1. The van der Waals surface area contributed by atoms with Gasteiger partial charge in [0.05, 0.1) is 29.7 Å². The van der Waals surface area contributed by atoms with Crippen molar-refractivity contribution in [2.75, 3.05) is 11.9 Å². The third kappa shape index (κ3) is 5.77. The second kappa shape index (κ2) is 10.8. The molecular weight excluding hydrogens is 436 g/mol. The maximum Gasteiger partial charge on any atom is 0.140 e. The highest BCUT2D eigenvalue weighted by Crippen LogP contribution is 2.35. The number of benzene rings is 1. The number of anilines is 2. The number of para-hydroxylation sites is 1. The van der Waals surface area contributed by atoms with Crippen LogP contribution in [0.2, 0.25) is 0 Å². The topological polar surface area (TPSA) is 87.0 Å². The highest BCUT2D eigenvalue weighted by atomic mass is 16.5. The van der Waals surface area contributed by atoms with E-state index in [1.807, 2.05) is 19.1 Å². The van der Waals surface area contributed by atoms with Crippen LogP contribution in [0.25, 0.3) is 0 Å². The third-order valence-corrected chi connectivity index (χ3v) is 6.91. The summed E-state index contributed by atoms with van der Waals surface area (Å²) in [6, 6.07) is 16.4. The van der Waals surface area contributed by atoms with Crippen molar-refractivity contribution in [2.24, 2.45) is 0 Å². The average Bonchev–Trinajstić information content (AvgIpc) is 3.39. The molecule has 1 saturated carbocycles. The van der Waals surface area contributed by atoms with E-state index >= 15 is 0 Å². The first-order valence-electron chi connectivity index (χ1n) is 12.7. The number of hydrogen-bond acceptors (Lipinski definition) is 7. The molecule has 0 bridgehead atoms. The smallest absolute Gasteiger partial charge is 0.140 e. The minimum Gasteiger partial charge on any atom is -0.490 e. The van der Waals surface area contributed by atoms with Crippen molar-refractivity contribution in [3.8, 4) is 11.8 Å². The zero-order valence-electron chi connectivity index (χ0n) is 20.3. The summed E-state index contributed by atoms with van der Waals surface area (Å²) < 4.78 is 6.42. The van der Waals surface area contributed by atoms with E-state index in [4.69, 9.17) is 15.0 Å². The van der Waals surface area contributed by atoms with Crippen LogP contribution in [-0.2, 0) is 6.54 Å². The van der Waals surface area contributed by atoms with E-state index in [0.29, 0.717) is 11.8 Å². The molecule has 35 heavy (non-hydrogen) atoms. The maximum absolute atomic E-state index is 8.99. The third-order valence-electron chi connectivity index (χ3n) is 6.91. The normalized spacial score (nSPS) is 18.8. The number of pyridine rings is 1. The van der Waals surface area contributed by atoms with Crippen LogP contribution in [0.3, 0.4) is 0 Å². The van der Waals surface area contributed by atoms with Gasteiger partial charge in [-0.3, -0.25) is 4.90 Å². The molecule has 2 fully saturated rings. The Morgan fingerprint density at radius 2 is 1.89 bits per heavy atom. The summed E-state index contributed by atoms with van der Waals surface area (Å²) in [4.78, 5) is 16.1. The molecule has 1 aliphatic heterocycles. The molecule has 1 N–H and O–H groups in total. The molecule has 2 aromatic heterocycles. The summed E-state index contributed by atoms with van der Waals surface area (Å²) in [5.41, 5.74) is 3.48. The Bertz CT molecular complexity index is 1180. The number of hydrogen-bond donors (Lipinski definition) is 1. The van der Waals surface area contributed by atoms with Crippen LogP contribution in [-0.4, -0.2) is 32.5 Å². The SMILES string of the molecule is Cc1nc(Nc2ccc(C#N)nc2)cc([C@H]2CCCCN2Cc2ccccc2OC2CCCC2)n1. The second-order valence-electron chi connectivity index (χ2n) is 9.51. The van der Waals surface area contributed by atoms with Crippen LogP contribution >= 0.6 is 0 Å². The van der Waals surface area contributed by atoms with E-state index in [1.54, 1.807) is 12.3 Å². The summed E-state index contributed by atoms with van der Waals surface area (Å²) in [5, 5.41) is 12.3. The summed E-state index contributed by atoms with van der Waals surface area (Å²) in [6.45, 7) is 3.82. The minimum atomic E-state index is 0.227. The Kier molecular flexibility index (Phi) is 7.20. The number of rotatable bonds is 7. The van der Waals surface area contributed by atoms with Gasteiger partial charge in [0.15, 0.2) is 0 Å². The fourth-order valence-electron chi connectivity index (χ4n) is 5.18. The molecule has 7 nitrogen and oxygen atoms in total. The van der Waals surface area contributed by atoms with Crippen LogP contribution < -0.4 is 10.1 Å². The molecule has 180 valence electrons. The molecule has 1 aromatic carbocycles. The predicted molar refractivity (Wildman–Crippen MR) is 135 cm³/mol. The van der Waals surface area contributed by atoms with Crippen LogP contribution in [0.1, 0.15) is 73.8 Å². The highest BCUT2D eigenvalue weighted by Gasteiger charge is 2.27. The van der Waals surface area contributed by atoms with Crippen molar-refractivity contribution in [3.63, 3.8) is 0 Å². The highest BCUT2D eigenvalue weighted by molar-refractivity contribution is 5.55. The predicted octanol–water partition coefficient (Wildman–Crippen LogP) is 5.84. The number of ether oxygens (including phenoxy) is 1. The average molecular weight is 469 g/mol. The van der Waals surface area contributed by atoms with Crippen molar-refractivity contribution in [1.29, 1.82) is 5.26 Å². The van der Waals surface area contributed by atoms with Gasteiger partial charge >= 0.3 is 0 Å². The molecule has 0 radical (unpaired) electrons. The molecule has 1 saturated heterocycles. The molecule has 1 atom stereocenters. The molecule has 2 aliphatic rings. The van der Waals surface area contributed by atoms with Gasteiger partial charge in [0.25, 0.3) is 0 Å². The van der Waals surface area contributed by atoms with Crippen molar-refractivity contribution in [1.82, 2.24) is 19.9 Å². The summed E-state index contributed by atoms with van der Waals surface area (Å²) in [6.07, 6.45) is 10.3. The van der Waals surface area contributed by atoms with Gasteiger partial charge in [-0.25, -0.2) is 15.0 Å². The number of aromatic nitrogens is 3. The van der Waals surface area contributed by atoms with Crippen LogP contribution in [0.5, 0.6) is 5.75 Å². The summed E-state index contributed by atoms with van der Waals surface area (Å²) >= 11 is 0. The summed E-state index contributed by atoms with van der Waals surface area (Å²) in [5.74, 6) is 2.51. The van der Waals surface area contributed by atoms with E-state index in [9.17, 15) is 0 Å². The van der Waals surface area contributed by atoms with Gasteiger partial charge in [0.1, 0.15) is 29.2 Å². The Hall–Kier alpha value is -3.50. The maximum atomic E-state index is 8.99. The number of piperidine rings is 1. The lowest BCUT2D eigenvalue weighted by Crippen LogP contribution is -2.34. The second-order valence-corrected chi connectivity index (χ2v) is 9.51. The molecular formula is C28H32N6O. The van der Waals surface area contributed by atoms with E-state index in [1.165, 1.54) is 31.2 Å². The van der Waals surface area contributed by atoms with Crippen molar-refractivity contribution >= 4 is 11.5 Å². The van der Waals surface area contributed by atoms with Gasteiger partial charge in [0, 0.05) is 18.2 Å². The van der Waals surface area contributed by atoms with Gasteiger partial charge in [-0.2, -0.15) is 5.26 Å². The van der Waals surface area contributed by atoms with Gasteiger partial charge in [-0.1, -0.05) is 24.6 Å². The van der Waals surface area contributed by atoms with Gasteiger partial charge in [-0.15, -0.1) is 0 Å². The van der Waals surface area contributed by atoms with Crippen molar-refractivity contribution < 1.29 is 4.74 Å². The Morgan fingerprint density at radius 3 is 2.69 bits per heavy atom. The van der Waals surface area contributed by atoms with E-state index in [0.717, 1.165) is 61.1 Å². The Balaban J connectivity index is 1.35. The molecule has 7 heteroatoms. The van der Waals surface area contributed by atoms with Crippen molar-refractivity contribution in [3.05, 3.63) is 71.4 Å². The van der Waals surface area contributed by atoms with Crippen LogP contribution in [0, 0.1) is 18.3 Å². The zero-order valence-corrected chi connectivity index (χ0v) is 20.3. The lowest BCUT2D eigenvalue weighted by atomic mass is 9.98. The first-order chi connectivity index (χ1) is 17.2. The number of aryl methyl sites for hydroxylation is 1. The standard InChI is InChI=1S/C28H32N6O/c1-20-31-25(16-28(32-20)33-23-14-13-22(17-29)30-18-23)26-11-6-7-15-34(26)19-21-8-2-5-12-27(21)35-24-9-3-4-10-24/h2,5,8,12-14,16,18,24,26H,3-4,6-7,9-11,15,19H2,1H3,(H,31,32,33)/t26-/m1/s1. The monoisotopic (exact) mass is 468 g/mol. The minimum absolute atomic E-state index is 0.227. The van der Waals surface area contributed by atoms with E-state index in [2.05, 4.69) is 50.5 Å². The lowest BCUT2D eigenvalue weighted by molar-refractivity contribution is 0.133. The zero-order chi connectivity index (χ0) is 24.0. The first-order valence-corrected chi connectivity index (χ1v) is 12.7. The molecule has 0 unspecified atom stereocenters. The fraction of sp³-hybridized carbons (Fsp3) is 0.429. The number of likely N-dealkylation sites (tertiary alicyclic amines) is 1. The van der Waals surface area contributed by atoms with E-state index in [-0.39, 0.29) is 6.04 Å². The Morgan fingerprint density at radius 1 is 1.06 bits per heavy atom. The molecule has 3 aromatic rings. The van der Waals surface area contributed by atoms with Crippen LogP contribution in [0.4, 0.5) is 11.5 Å². The molecule has 0 amide bonds. The van der Waals surface area contributed by atoms with Gasteiger partial charge in [0.2, 0.25) is 0 Å². The molecule has 1 aliphatic carbocycles. The number of nitrogens with one attached hydrogen (secondary N) is 1. The lowest BCUT2D eigenvalue weighted by Gasteiger charge is -2.36. The molecule has 0 spiro atoms. The van der Waals surface area contributed by atoms with Gasteiger partial charge in [-0.05, 0) is 70.2 Å². The van der Waals surface area contributed by atoms with Gasteiger partial charge < -0.3 is 10.1 Å². The number of nitrogens with zero attached hydrogens (tertiary/aromatic N) is 5. The van der Waals surface area contributed by atoms with Crippen LogP contribution in [0.15, 0.2) is 48.7 Å². The first kappa shape index (κ1) is 23.3. The largest absolute Gasteiger partial charge is 0.490 e. The molecule has 5 rings (SSSR count). The Labute approximate surface area is 207 Å². The van der Waals surface area contributed by atoms with E-state index < -0.39 is 0 Å². The fourth-order valence-corrected chi connectivity index (χ4v) is 5.18. The van der Waals surface area contributed by atoms with Crippen molar-refractivity contribution in [2.45, 2.75) is 70.6 Å².